The first kappa shape index (κ1) is 15.1. The first-order valence-corrected chi connectivity index (χ1v) is 7.74. The van der Waals surface area contributed by atoms with Gasteiger partial charge in [0.15, 0.2) is 0 Å². The summed E-state index contributed by atoms with van der Waals surface area (Å²) in [6.45, 7) is 4.72. The largest absolute Gasteiger partial charge is 0.354 e. The highest BCUT2D eigenvalue weighted by Gasteiger charge is 2.24. The number of amides is 2. The van der Waals surface area contributed by atoms with Crippen LogP contribution in [0.25, 0.3) is 0 Å². The molecule has 1 aliphatic heterocycles. The Balaban J connectivity index is 2.13. The monoisotopic (exact) mass is 341 g/mol. The van der Waals surface area contributed by atoms with Crippen LogP contribution in [0.2, 0.25) is 0 Å². The lowest BCUT2D eigenvalue weighted by Gasteiger charge is -2.17. The van der Waals surface area contributed by atoms with Crippen molar-refractivity contribution in [3.8, 4) is 0 Å². The van der Waals surface area contributed by atoms with Gasteiger partial charge in [-0.1, -0.05) is 0 Å². The van der Waals surface area contributed by atoms with E-state index in [1.807, 2.05) is 24.6 Å². The van der Waals surface area contributed by atoms with Gasteiger partial charge in [0.1, 0.15) is 11.7 Å². The van der Waals surface area contributed by atoms with Crippen LogP contribution in [0, 0.1) is 0 Å². The molecule has 6 heteroatoms. The molecular weight excluding hydrogens is 322 g/mol. The Bertz CT molecular complexity index is 511. The lowest BCUT2D eigenvalue weighted by molar-refractivity contribution is -0.122. The van der Waals surface area contributed by atoms with Crippen molar-refractivity contribution in [2.45, 2.75) is 45.2 Å². The van der Waals surface area contributed by atoms with Crippen LogP contribution in [0.3, 0.4) is 0 Å². The highest BCUT2D eigenvalue weighted by molar-refractivity contribution is 9.10. The van der Waals surface area contributed by atoms with Crippen LogP contribution in [0.4, 0.5) is 0 Å². The zero-order chi connectivity index (χ0) is 14.7. The predicted molar refractivity (Wildman–Crippen MR) is 80.6 cm³/mol. The van der Waals surface area contributed by atoms with Gasteiger partial charge in [0.25, 0.3) is 5.91 Å². The van der Waals surface area contributed by atoms with Crippen LogP contribution < -0.4 is 10.6 Å². The molecule has 1 atom stereocenters. The molecule has 1 fully saturated rings. The van der Waals surface area contributed by atoms with Gasteiger partial charge in [-0.15, -0.1) is 0 Å². The van der Waals surface area contributed by atoms with Gasteiger partial charge in [0.2, 0.25) is 5.91 Å². The summed E-state index contributed by atoms with van der Waals surface area (Å²) < 4.78 is 2.76. The Labute approximate surface area is 127 Å². The van der Waals surface area contributed by atoms with Crippen molar-refractivity contribution in [2.24, 2.45) is 0 Å². The lowest BCUT2D eigenvalue weighted by atomic mass is 10.1. The number of nitrogens with one attached hydrogen (secondary N) is 2. The van der Waals surface area contributed by atoms with Crippen LogP contribution >= 0.6 is 15.9 Å². The maximum Gasteiger partial charge on any atom is 0.268 e. The van der Waals surface area contributed by atoms with Crippen molar-refractivity contribution in [3.05, 3.63) is 22.4 Å². The molecule has 0 saturated carbocycles. The summed E-state index contributed by atoms with van der Waals surface area (Å²) in [6.07, 6.45) is 4.48. The Hall–Kier alpha value is -1.30. The molecule has 0 radical (unpaired) electrons. The third-order valence-electron chi connectivity index (χ3n) is 3.44. The number of hydrogen-bond acceptors (Lipinski definition) is 2. The first-order valence-electron chi connectivity index (χ1n) is 6.95. The van der Waals surface area contributed by atoms with E-state index in [1.165, 1.54) is 0 Å². The van der Waals surface area contributed by atoms with Crippen LogP contribution in [0.1, 0.15) is 49.6 Å². The van der Waals surface area contributed by atoms with Gasteiger partial charge < -0.3 is 15.2 Å². The van der Waals surface area contributed by atoms with Crippen molar-refractivity contribution >= 4 is 27.7 Å². The van der Waals surface area contributed by atoms with Gasteiger partial charge in [-0.25, -0.2) is 0 Å². The van der Waals surface area contributed by atoms with E-state index in [9.17, 15) is 9.59 Å². The fourth-order valence-corrected chi connectivity index (χ4v) is 2.80. The summed E-state index contributed by atoms with van der Waals surface area (Å²) >= 11 is 3.39. The molecule has 1 aliphatic rings. The van der Waals surface area contributed by atoms with Crippen LogP contribution in [0.15, 0.2) is 16.7 Å². The minimum atomic E-state index is -0.431. The Kier molecular flexibility index (Phi) is 4.86. The fourth-order valence-electron chi connectivity index (χ4n) is 2.36. The average Bonchev–Trinajstić information content (AvgIpc) is 2.68. The van der Waals surface area contributed by atoms with Gasteiger partial charge in [0.05, 0.1) is 0 Å². The van der Waals surface area contributed by atoms with E-state index in [0.717, 1.165) is 17.3 Å². The van der Waals surface area contributed by atoms with Crippen molar-refractivity contribution < 1.29 is 9.59 Å². The maximum absolute atomic E-state index is 12.4. The van der Waals surface area contributed by atoms with Crippen LogP contribution in [-0.2, 0) is 4.79 Å². The number of rotatable bonds is 3. The second-order valence-corrected chi connectivity index (χ2v) is 6.27. The van der Waals surface area contributed by atoms with Gasteiger partial charge >= 0.3 is 0 Å². The molecule has 0 bridgehead atoms. The summed E-state index contributed by atoms with van der Waals surface area (Å²) in [5.41, 5.74) is 0.573. The summed E-state index contributed by atoms with van der Waals surface area (Å²) in [7, 11) is 0. The van der Waals surface area contributed by atoms with Crippen molar-refractivity contribution in [1.82, 2.24) is 15.2 Å². The highest BCUT2D eigenvalue weighted by atomic mass is 79.9. The molecule has 0 aliphatic carbocycles. The molecule has 2 heterocycles. The van der Waals surface area contributed by atoms with E-state index in [1.54, 1.807) is 6.07 Å². The van der Waals surface area contributed by atoms with Crippen molar-refractivity contribution in [1.29, 1.82) is 0 Å². The fraction of sp³-hybridized carbons (Fsp3) is 0.571. The summed E-state index contributed by atoms with van der Waals surface area (Å²) in [6, 6.07) is 1.54. The standard InChI is InChI=1S/C14H20BrN3O2/c1-9(2)18-8-10(15)7-12(18)14(20)17-11-5-3-4-6-16-13(11)19/h7-9,11H,3-6H2,1-2H3,(H,16,19)(H,17,20). The number of nitrogens with zero attached hydrogens (tertiary/aromatic N) is 1. The molecule has 1 aromatic rings. The Morgan fingerprint density at radius 3 is 2.95 bits per heavy atom. The molecule has 2 amide bonds. The second-order valence-electron chi connectivity index (χ2n) is 5.36. The van der Waals surface area contributed by atoms with E-state index in [2.05, 4.69) is 26.6 Å². The third kappa shape index (κ3) is 3.42. The highest BCUT2D eigenvalue weighted by Crippen LogP contribution is 2.19. The molecule has 20 heavy (non-hydrogen) atoms. The van der Waals surface area contributed by atoms with E-state index < -0.39 is 6.04 Å². The number of halogens is 1. The topological polar surface area (TPSA) is 63.1 Å². The third-order valence-corrected chi connectivity index (χ3v) is 3.88. The van der Waals surface area contributed by atoms with Gasteiger partial charge in [-0.05, 0) is 55.1 Å². The normalized spacial score (nSPS) is 19.6. The molecule has 5 nitrogen and oxygen atoms in total. The summed E-state index contributed by atoms with van der Waals surface area (Å²) in [5, 5.41) is 5.67. The molecule has 0 spiro atoms. The van der Waals surface area contributed by atoms with Crippen LogP contribution in [0.5, 0.6) is 0 Å². The maximum atomic E-state index is 12.4. The molecule has 0 aromatic carbocycles. The molecule has 1 aromatic heterocycles. The first-order chi connectivity index (χ1) is 9.49. The zero-order valence-corrected chi connectivity index (χ0v) is 13.4. The Morgan fingerprint density at radius 2 is 2.25 bits per heavy atom. The average molecular weight is 342 g/mol. The summed E-state index contributed by atoms with van der Waals surface area (Å²) in [5.74, 6) is -0.288. The number of hydrogen-bond donors (Lipinski definition) is 2. The molecule has 2 rings (SSSR count). The van der Waals surface area contributed by atoms with E-state index in [-0.39, 0.29) is 17.9 Å². The molecule has 1 unspecified atom stereocenters. The van der Waals surface area contributed by atoms with Gasteiger partial charge in [0, 0.05) is 23.3 Å². The molecule has 110 valence electrons. The second kappa shape index (κ2) is 6.43. The lowest BCUT2D eigenvalue weighted by Crippen LogP contribution is -2.45. The zero-order valence-electron chi connectivity index (χ0n) is 11.8. The molecule has 2 N–H and O–H groups in total. The number of carbonyl (C=O) groups excluding carboxylic acids is 2. The van der Waals surface area contributed by atoms with Gasteiger partial charge in [-0.3, -0.25) is 9.59 Å². The van der Waals surface area contributed by atoms with Gasteiger partial charge in [-0.2, -0.15) is 0 Å². The quantitative estimate of drug-likeness (QED) is 0.885. The van der Waals surface area contributed by atoms with E-state index >= 15 is 0 Å². The SMILES string of the molecule is CC(C)n1cc(Br)cc1C(=O)NC1CCCCNC1=O. The van der Waals surface area contributed by atoms with E-state index in [0.29, 0.717) is 18.7 Å². The van der Waals surface area contributed by atoms with Crippen molar-refractivity contribution in [2.75, 3.05) is 6.54 Å². The summed E-state index contributed by atoms with van der Waals surface area (Å²) in [4.78, 5) is 24.2. The van der Waals surface area contributed by atoms with Crippen molar-refractivity contribution in [3.63, 3.8) is 0 Å². The molecular formula is C14H20BrN3O2. The number of aromatic nitrogens is 1. The van der Waals surface area contributed by atoms with Crippen LogP contribution in [-0.4, -0.2) is 29.0 Å². The van der Waals surface area contributed by atoms with E-state index in [4.69, 9.17) is 0 Å². The Morgan fingerprint density at radius 1 is 1.50 bits per heavy atom. The molecule has 1 saturated heterocycles. The smallest absolute Gasteiger partial charge is 0.268 e. The minimum Gasteiger partial charge on any atom is -0.354 e. The number of carbonyl (C=O) groups is 2. The minimum absolute atomic E-state index is 0.0856. The predicted octanol–water partition coefficient (Wildman–Crippen LogP) is 2.23.